The molecule has 3 atom stereocenters. The minimum absolute atomic E-state index is 0.0410. The molecule has 0 spiro atoms. The molecule has 0 aliphatic carbocycles. The van der Waals surface area contributed by atoms with Gasteiger partial charge in [0, 0.05) is 19.1 Å². The zero-order valence-corrected chi connectivity index (χ0v) is 9.84. The van der Waals surface area contributed by atoms with Gasteiger partial charge in [0.15, 0.2) is 0 Å². The van der Waals surface area contributed by atoms with Crippen LogP contribution in [-0.4, -0.2) is 48.1 Å². The van der Waals surface area contributed by atoms with Crippen LogP contribution in [0.2, 0.25) is 0 Å². The van der Waals surface area contributed by atoms with Crippen molar-refractivity contribution in [3.8, 4) is 0 Å². The van der Waals surface area contributed by atoms with Gasteiger partial charge in [-0.25, -0.2) is 0 Å². The minimum atomic E-state index is -0.653. The fourth-order valence-corrected chi connectivity index (χ4v) is 2.11. The second-order valence-electron chi connectivity index (χ2n) is 4.51. The highest BCUT2D eigenvalue weighted by Crippen LogP contribution is 2.06. The van der Waals surface area contributed by atoms with E-state index in [2.05, 4.69) is 22.8 Å². The lowest BCUT2D eigenvalue weighted by Gasteiger charge is -2.16. The highest BCUT2D eigenvalue weighted by molar-refractivity contribution is 5.14. The van der Waals surface area contributed by atoms with Crippen molar-refractivity contribution in [1.82, 2.24) is 10.6 Å². The fraction of sp³-hybridized carbons (Fsp3) is 0.538. The van der Waals surface area contributed by atoms with Gasteiger partial charge in [0.05, 0.1) is 12.2 Å². The van der Waals surface area contributed by atoms with Crippen LogP contribution in [0.3, 0.4) is 0 Å². The van der Waals surface area contributed by atoms with E-state index in [0.29, 0.717) is 13.1 Å². The summed E-state index contributed by atoms with van der Waals surface area (Å²) in [7, 11) is 0. The summed E-state index contributed by atoms with van der Waals surface area (Å²) in [5.41, 5.74) is 1.31. The predicted octanol–water partition coefficient (Wildman–Crippen LogP) is -0.488. The van der Waals surface area contributed by atoms with Gasteiger partial charge in [0.25, 0.3) is 0 Å². The Morgan fingerprint density at radius 2 is 2.00 bits per heavy atom. The average Bonchev–Trinajstić information content (AvgIpc) is 2.67. The van der Waals surface area contributed by atoms with E-state index in [-0.39, 0.29) is 6.04 Å². The van der Waals surface area contributed by atoms with Gasteiger partial charge < -0.3 is 20.8 Å². The van der Waals surface area contributed by atoms with Crippen molar-refractivity contribution < 1.29 is 10.2 Å². The van der Waals surface area contributed by atoms with Gasteiger partial charge in [0.2, 0.25) is 0 Å². The van der Waals surface area contributed by atoms with Gasteiger partial charge in [-0.2, -0.15) is 0 Å². The lowest BCUT2D eigenvalue weighted by molar-refractivity contribution is 0.0408. The molecule has 94 valence electrons. The van der Waals surface area contributed by atoms with Crippen LogP contribution in [0.25, 0.3) is 0 Å². The molecule has 4 N–H and O–H groups in total. The van der Waals surface area contributed by atoms with Crippen LogP contribution in [0.1, 0.15) is 5.56 Å². The van der Waals surface area contributed by atoms with Crippen LogP contribution in [0.15, 0.2) is 30.3 Å². The third-order valence-corrected chi connectivity index (χ3v) is 3.19. The zero-order valence-electron chi connectivity index (χ0n) is 9.84. The Balaban J connectivity index is 1.64. The monoisotopic (exact) mass is 236 g/mol. The summed E-state index contributed by atoms with van der Waals surface area (Å²) < 4.78 is 0. The van der Waals surface area contributed by atoms with E-state index in [9.17, 15) is 10.2 Å². The van der Waals surface area contributed by atoms with Gasteiger partial charge in [-0.1, -0.05) is 30.3 Å². The van der Waals surface area contributed by atoms with Crippen molar-refractivity contribution in [2.45, 2.75) is 24.7 Å². The van der Waals surface area contributed by atoms with Gasteiger partial charge >= 0.3 is 0 Å². The maximum absolute atomic E-state index is 9.62. The molecule has 0 bridgehead atoms. The number of hydrogen-bond acceptors (Lipinski definition) is 4. The lowest BCUT2D eigenvalue weighted by atomic mass is 10.1. The standard InChI is InChI=1S/C13H20N2O2/c16-12-9-15-11(13(12)17)8-14-7-6-10-4-2-1-3-5-10/h1-5,11-17H,6-9H2/t11-,12+,13-/m1/s1. The Morgan fingerprint density at radius 1 is 1.24 bits per heavy atom. The second kappa shape index (κ2) is 6.12. The van der Waals surface area contributed by atoms with Crippen molar-refractivity contribution >= 4 is 0 Å². The van der Waals surface area contributed by atoms with Crippen molar-refractivity contribution in [3.05, 3.63) is 35.9 Å². The van der Waals surface area contributed by atoms with E-state index in [0.717, 1.165) is 13.0 Å². The Kier molecular flexibility index (Phi) is 4.50. The molecule has 1 aliphatic rings. The predicted molar refractivity (Wildman–Crippen MR) is 66.8 cm³/mol. The molecule has 0 radical (unpaired) electrons. The van der Waals surface area contributed by atoms with Crippen molar-refractivity contribution in [2.24, 2.45) is 0 Å². The van der Waals surface area contributed by atoms with E-state index < -0.39 is 12.2 Å². The summed E-state index contributed by atoms with van der Waals surface area (Å²) >= 11 is 0. The largest absolute Gasteiger partial charge is 0.389 e. The van der Waals surface area contributed by atoms with Crippen LogP contribution in [-0.2, 0) is 6.42 Å². The molecule has 1 heterocycles. The summed E-state index contributed by atoms with van der Waals surface area (Å²) in [4.78, 5) is 0. The van der Waals surface area contributed by atoms with E-state index in [1.54, 1.807) is 0 Å². The van der Waals surface area contributed by atoms with Gasteiger partial charge in [-0.05, 0) is 18.5 Å². The Hall–Kier alpha value is -0.940. The second-order valence-corrected chi connectivity index (χ2v) is 4.51. The molecule has 4 nitrogen and oxygen atoms in total. The van der Waals surface area contributed by atoms with E-state index in [1.165, 1.54) is 5.56 Å². The Bertz CT molecular complexity index is 331. The summed E-state index contributed by atoms with van der Waals surface area (Å²) in [6.45, 7) is 2.04. The quantitative estimate of drug-likeness (QED) is 0.521. The normalized spacial score (nSPS) is 28.5. The van der Waals surface area contributed by atoms with Crippen LogP contribution >= 0.6 is 0 Å². The highest BCUT2D eigenvalue weighted by Gasteiger charge is 2.32. The van der Waals surface area contributed by atoms with Gasteiger partial charge in [-0.3, -0.25) is 0 Å². The first-order chi connectivity index (χ1) is 8.27. The molecule has 17 heavy (non-hydrogen) atoms. The number of hydrogen-bond donors (Lipinski definition) is 4. The fourth-order valence-electron chi connectivity index (χ4n) is 2.11. The van der Waals surface area contributed by atoms with Crippen molar-refractivity contribution in [3.63, 3.8) is 0 Å². The molecule has 1 aromatic carbocycles. The van der Waals surface area contributed by atoms with Gasteiger partial charge in [-0.15, -0.1) is 0 Å². The molecule has 1 saturated heterocycles. The Morgan fingerprint density at radius 3 is 2.65 bits per heavy atom. The smallest absolute Gasteiger partial charge is 0.0976 e. The van der Waals surface area contributed by atoms with E-state index >= 15 is 0 Å². The summed E-state index contributed by atoms with van der Waals surface area (Å²) in [5.74, 6) is 0. The van der Waals surface area contributed by atoms with Crippen LogP contribution in [0.4, 0.5) is 0 Å². The number of benzene rings is 1. The molecule has 1 fully saturated rings. The van der Waals surface area contributed by atoms with Crippen molar-refractivity contribution in [1.29, 1.82) is 0 Å². The summed E-state index contributed by atoms with van der Waals surface area (Å²) in [5, 5.41) is 25.4. The molecule has 1 aromatic rings. The van der Waals surface area contributed by atoms with Crippen LogP contribution in [0, 0.1) is 0 Å². The number of nitrogens with one attached hydrogen (secondary N) is 2. The first-order valence-corrected chi connectivity index (χ1v) is 6.11. The Labute approximate surface area is 102 Å². The molecular formula is C13H20N2O2. The molecule has 4 heteroatoms. The molecule has 2 rings (SSSR count). The summed E-state index contributed by atoms with van der Waals surface area (Å²) in [6, 6.07) is 10.3. The minimum Gasteiger partial charge on any atom is -0.389 e. The van der Waals surface area contributed by atoms with E-state index in [4.69, 9.17) is 0 Å². The molecule has 0 aromatic heterocycles. The number of aliphatic hydroxyl groups is 2. The number of β-amino-alcohol motifs (C(OH)–C–C–N with tert-alkyl or cyclic N) is 1. The van der Waals surface area contributed by atoms with Gasteiger partial charge in [0.1, 0.15) is 0 Å². The summed E-state index contributed by atoms with van der Waals surface area (Å²) in [6.07, 6.45) is -0.304. The van der Waals surface area contributed by atoms with Crippen LogP contribution < -0.4 is 10.6 Å². The molecule has 0 amide bonds. The van der Waals surface area contributed by atoms with Crippen molar-refractivity contribution in [2.75, 3.05) is 19.6 Å². The first kappa shape index (κ1) is 12.5. The molecule has 1 aliphatic heterocycles. The van der Waals surface area contributed by atoms with E-state index in [1.807, 2.05) is 18.2 Å². The SMILES string of the molecule is O[C@H]1[C@@H](O)CN[C@@H]1CNCCc1ccccc1. The first-order valence-electron chi connectivity index (χ1n) is 6.11. The molecule has 0 unspecified atom stereocenters. The maximum atomic E-state index is 9.62. The molecular weight excluding hydrogens is 216 g/mol. The highest BCUT2D eigenvalue weighted by atomic mass is 16.3. The maximum Gasteiger partial charge on any atom is 0.0976 e. The third kappa shape index (κ3) is 3.51. The molecule has 0 saturated carbocycles. The number of rotatable bonds is 5. The average molecular weight is 236 g/mol. The number of aliphatic hydroxyl groups excluding tert-OH is 2. The lowest BCUT2D eigenvalue weighted by Crippen LogP contribution is -2.42. The zero-order chi connectivity index (χ0) is 12.1. The topological polar surface area (TPSA) is 64.5 Å². The third-order valence-electron chi connectivity index (χ3n) is 3.19. The van der Waals surface area contributed by atoms with Crippen LogP contribution in [0.5, 0.6) is 0 Å².